The van der Waals surface area contributed by atoms with Gasteiger partial charge in [-0.15, -0.1) is 0 Å². The van der Waals surface area contributed by atoms with E-state index in [2.05, 4.69) is 10.2 Å². The molecule has 0 spiro atoms. The van der Waals surface area contributed by atoms with Gasteiger partial charge in [0.15, 0.2) is 0 Å². The van der Waals surface area contributed by atoms with E-state index in [9.17, 15) is 9.59 Å². The van der Waals surface area contributed by atoms with Gasteiger partial charge in [-0.2, -0.15) is 0 Å². The fourth-order valence-corrected chi connectivity index (χ4v) is 3.46. The summed E-state index contributed by atoms with van der Waals surface area (Å²) in [4.78, 5) is 26.9. The standard InChI is InChI=1S/C23H28N2O3/c1-2-28-23(27)20-8-7-9-21(16-20)24-22(26)19-12-10-18(11-13-19)17-25-14-5-3-4-6-15-25/h7-13,16H,2-6,14-15,17H2,1H3,(H,24,26). The fourth-order valence-electron chi connectivity index (χ4n) is 3.46. The second-order valence-corrected chi connectivity index (χ2v) is 7.14. The zero-order valence-corrected chi connectivity index (χ0v) is 16.4. The van der Waals surface area contributed by atoms with Crippen LogP contribution >= 0.6 is 0 Å². The lowest BCUT2D eigenvalue weighted by Crippen LogP contribution is -2.24. The maximum atomic E-state index is 12.5. The SMILES string of the molecule is CCOC(=O)c1cccc(NC(=O)c2ccc(CN3CCCCCC3)cc2)c1. The first-order valence-corrected chi connectivity index (χ1v) is 10.1. The maximum absolute atomic E-state index is 12.5. The molecule has 0 unspecified atom stereocenters. The first-order valence-electron chi connectivity index (χ1n) is 10.1. The minimum Gasteiger partial charge on any atom is -0.462 e. The smallest absolute Gasteiger partial charge is 0.338 e. The Bertz CT molecular complexity index is 794. The molecule has 28 heavy (non-hydrogen) atoms. The van der Waals surface area contributed by atoms with Gasteiger partial charge >= 0.3 is 5.97 Å². The van der Waals surface area contributed by atoms with E-state index in [1.807, 2.05) is 24.3 Å². The number of hydrogen-bond donors (Lipinski definition) is 1. The van der Waals surface area contributed by atoms with Crippen molar-refractivity contribution in [1.82, 2.24) is 4.90 Å². The maximum Gasteiger partial charge on any atom is 0.338 e. The van der Waals surface area contributed by atoms with Gasteiger partial charge in [0.05, 0.1) is 12.2 Å². The summed E-state index contributed by atoms with van der Waals surface area (Å²) in [5.74, 6) is -0.584. The molecule has 0 bridgehead atoms. The topological polar surface area (TPSA) is 58.6 Å². The largest absolute Gasteiger partial charge is 0.462 e. The summed E-state index contributed by atoms with van der Waals surface area (Å²) in [5.41, 5.74) is 2.82. The molecule has 148 valence electrons. The molecule has 1 aliphatic heterocycles. The van der Waals surface area contributed by atoms with Crippen LogP contribution in [0.25, 0.3) is 0 Å². The summed E-state index contributed by atoms with van der Waals surface area (Å²) in [5, 5.41) is 2.85. The van der Waals surface area contributed by atoms with Gasteiger partial charge in [-0.25, -0.2) is 4.79 Å². The summed E-state index contributed by atoms with van der Waals surface area (Å²) in [7, 11) is 0. The molecule has 3 rings (SSSR count). The summed E-state index contributed by atoms with van der Waals surface area (Å²) in [6, 6.07) is 14.6. The molecule has 1 amide bonds. The molecule has 0 radical (unpaired) electrons. The third kappa shape index (κ3) is 5.67. The van der Waals surface area contributed by atoms with Crippen LogP contribution in [0.2, 0.25) is 0 Å². The highest BCUT2D eigenvalue weighted by Crippen LogP contribution is 2.16. The van der Waals surface area contributed by atoms with Crippen LogP contribution in [-0.2, 0) is 11.3 Å². The molecular weight excluding hydrogens is 352 g/mol. The second kappa shape index (κ2) is 10.0. The van der Waals surface area contributed by atoms with Crippen molar-refractivity contribution in [1.29, 1.82) is 0 Å². The molecule has 2 aromatic rings. The number of carbonyl (C=O) groups excluding carboxylic acids is 2. The van der Waals surface area contributed by atoms with E-state index in [1.165, 1.54) is 31.2 Å². The van der Waals surface area contributed by atoms with Gasteiger partial charge in [-0.1, -0.05) is 31.0 Å². The van der Waals surface area contributed by atoms with Crippen LogP contribution in [-0.4, -0.2) is 36.5 Å². The quantitative estimate of drug-likeness (QED) is 0.750. The summed E-state index contributed by atoms with van der Waals surface area (Å²) in [6.07, 6.45) is 5.19. The summed E-state index contributed by atoms with van der Waals surface area (Å²) in [6.45, 7) is 5.32. The third-order valence-corrected chi connectivity index (χ3v) is 4.95. The van der Waals surface area contributed by atoms with E-state index in [1.54, 1.807) is 31.2 Å². The molecule has 1 N–H and O–H groups in total. The Morgan fingerprint density at radius 3 is 2.36 bits per heavy atom. The number of nitrogens with zero attached hydrogens (tertiary/aromatic N) is 1. The minimum absolute atomic E-state index is 0.192. The van der Waals surface area contributed by atoms with Crippen molar-refractivity contribution in [2.45, 2.75) is 39.2 Å². The van der Waals surface area contributed by atoms with Crippen molar-refractivity contribution in [3.8, 4) is 0 Å². The van der Waals surface area contributed by atoms with Crippen molar-refractivity contribution in [2.24, 2.45) is 0 Å². The Labute approximate surface area is 166 Å². The molecule has 1 saturated heterocycles. The normalized spacial score (nSPS) is 14.9. The second-order valence-electron chi connectivity index (χ2n) is 7.14. The fraction of sp³-hybridized carbons (Fsp3) is 0.391. The molecule has 0 saturated carbocycles. The first-order chi connectivity index (χ1) is 13.7. The van der Waals surface area contributed by atoms with E-state index < -0.39 is 5.97 Å². The summed E-state index contributed by atoms with van der Waals surface area (Å²) >= 11 is 0. The van der Waals surface area contributed by atoms with Crippen LogP contribution in [0.4, 0.5) is 5.69 Å². The van der Waals surface area contributed by atoms with Crippen molar-refractivity contribution >= 4 is 17.6 Å². The molecule has 0 aromatic heterocycles. The molecule has 2 aromatic carbocycles. The third-order valence-electron chi connectivity index (χ3n) is 4.95. The van der Waals surface area contributed by atoms with E-state index in [0.717, 1.165) is 19.6 Å². The Hall–Kier alpha value is -2.66. The Morgan fingerprint density at radius 2 is 1.68 bits per heavy atom. The average molecular weight is 380 g/mol. The highest BCUT2D eigenvalue weighted by Gasteiger charge is 2.12. The number of anilines is 1. The van der Waals surface area contributed by atoms with Gasteiger partial charge in [0.25, 0.3) is 5.91 Å². The molecule has 5 nitrogen and oxygen atoms in total. The minimum atomic E-state index is -0.392. The van der Waals surface area contributed by atoms with Crippen LogP contribution in [0.5, 0.6) is 0 Å². The monoisotopic (exact) mass is 380 g/mol. The van der Waals surface area contributed by atoms with E-state index in [4.69, 9.17) is 4.74 Å². The van der Waals surface area contributed by atoms with Gasteiger partial charge in [-0.3, -0.25) is 9.69 Å². The Kier molecular flexibility index (Phi) is 7.20. The predicted molar refractivity (Wildman–Crippen MR) is 111 cm³/mol. The number of amides is 1. The lowest BCUT2D eigenvalue weighted by Gasteiger charge is -2.19. The van der Waals surface area contributed by atoms with E-state index >= 15 is 0 Å². The number of esters is 1. The van der Waals surface area contributed by atoms with Crippen LogP contribution in [0.1, 0.15) is 58.9 Å². The molecule has 1 aliphatic rings. The number of nitrogens with one attached hydrogen (secondary N) is 1. The number of benzene rings is 2. The van der Waals surface area contributed by atoms with Crippen LogP contribution in [0.3, 0.4) is 0 Å². The number of likely N-dealkylation sites (tertiary alicyclic amines) is 1. The number of carbonyl (C=O) groups is 2. The molecule has 5 heteroatoms. The highest BCUT2D eigenvalue weighted by molar-refractivity contribution is 6.04. The number of hydrogen-bond acceptors (Lipinski definition) is 4. The van der Waals surface area contributed by atoms with Gasteiger partial charge < -0.3 is 10.1 Å². The van der Waals surface area contributed by atoms with Crippen molar-refractivity contribution in [3.63, 3.8) is 0 Å². The summed E-state index contributed by atoms with van der Waals surface area (Å²) < 4.78 is 5.00. The molecule has 1 fully saturated rings. The predicted octanol–water partition coefficient (Wildman–Crippen LogP) is 4.49. The van der Waals surface area contributed by atoms with Gasteiger partial charge in [0, 0.05) is 17.8 Å². The molecule has 0 aliphatic carbocycles. The lowest BCUT2D eigenvalue weighted by molar-refractivity contribution is 0.0526. The van der Waals surface area contributed by atoms with Crippen LogP contribution < -0.4 is 5.32 Å². The average Bonchev–Trinajstić information content (AvgIpc) is 2.97. The molecule has 0 atom stereocenters. The van der Waals surface area contributed by atoms with E-state index in [-0.39, 0.29) is 5.91 Å². The van der Waals surface area contributed by atoms with Crippen LogP contribution in [0, 0.1) is 0 Å². The molecule has 1 heterocycles. The van der Waals surface area contributed by atoms with Crippen molar-refractivity contribution in [2.75, 3.05) is 25.0 Å². The van der Waals surface area contributed by atoms with Crippen molar-refractivity contribution in [3.05, 3.63) is 65.2 Å². The Morgan fingerprint density at radius 1 is 0.964 bits per heavy atom. The zero-order chi connectivity index (χ0) is 19.8. The van der Waals surface area contributed by atoms with Crippen molar-refractivity contribution < 1.29 is 14.3 Å². The lowest BCUT2D eigenvalue weighted by atomic mass is 10.1. The van der Waals surface area contributed by atoms with Gasteiger partial charge in [0.1, 0.15) is 0 Å². The number of ether oxygens (including phenoxy) is 1. The Balaban J connectivity index is 1.60. The van der Waals surface area contributed by atoms with Gasteiger partial charge in [-0.05, 0) is 68.8 Å². The number of rotatable bonds is 6. The highest BCUT2D eigenvalue weighted by atomic mass is 16.5. The van der Waals surface area contributed by atoms with Gasteiger partial charge in [0.2, 0.25) is 0 Å². The van der Waals surface area contributed by atoms with E-state index in [0.29, 0.717) is 23.4 Å². The zero-order valence-electron chi connectivity index (χ0n) is 16.4. The first kappa shape index (κ1) is 20.1. The molecular formula is C23H28N2O3. The van der Waals surface area contributed by atoms with Crippen LogP contribution in [0.15, 0.2) is 48.5 Å².